The van der Waals surface area contributed by atoms with Crippen molar-refractivity contribution in [2.24, 2.45) is 5.92 Å². The van der Waals surface area contributed by atoms with Crippen molar-refractivity contribution < 1.29 is 14.3 Å². The van der Waals surface area contributed by atoms with Gasteiger partial charge in [-0.05, 0) is 43.2 Å². The van der Waals surface area contributed by atoms with E-state index in [0.29, 0.717) is 10.8 Å². The van der Waals surface area contributed by atoms with Crippen LogP contribution in [-0.2, 0) is 9.53 Å². The SMILES string of the molecule is C[C@@H]1CCCC[C@H]1NC(=O)[C@@H](C)OC(=O)c1cc2ccccc2s1. The zero-order valence-corrected chi connectivity index (χ0v) is 14.9. The van der Waals surface area contributed by atoms with Crippen LogP contribution in [0.3, 0.4) is 0 Å². The maximum atomic E-state index is 12.3. The second kappa shape index (κ2) is 7.34. The predicted octanol–water partition coefficient (Wildman–Crippen LogP) is 4.14. The fourth-order valence-electron chi connectivity index (χ4n) is 3.19. The smallest absolute Gasteiger partial charge is 0.349 e. The molecule has 1 aromatic carbocycles. The van der Waals surface area contributed by atoms with Gasteiger partial charge in [-0.15, -0.1) is 11.3 Å². The second-order valence-electron chi connectivity index (χ2n) is 6.57. The summed E-state index contributed by atoms with van der Waals surface area (Å²) in [5.74, 6) is -0.160. The lowest BCUT2D eigenvalue weighted by atomic mass is 9.86. The molecule has 1 fully saturated rings. The van der Waals surface area contributed by atoms with E-state index >= 15 is 0 Å². The molecule has 5 heteroatoms. The number of benzene rings is 1. The molecule has 2 aromatic rings. The van der Waals surface area contributed by atoms with Crippen molar-refractivity contribution >= 4 is 33.3 Å². The van der Waals surface area contributed by atoms with Crippen LogP contribution in [0.2, 0.25) is 0 Å². The third kappa shape index (κ3) is 3.78. The van der Waals surface area contributed by atoms with Crippen LogP contribution in [0.25, 0.3) is 10.1 Å². The average Bonchev–Trinajstić information content (AvgIpc) is 3.01. The average molecular weight is 345 g/mol. The minimum atomic E-state index is -0.781. The standard InChI is InChI=1S/C19H23NO3S/c1-12-7-3-5-9-15(12)20-18(21)13(2)23-19(22)17-11-14-8-4-6-10-16(14)24-17/h4,6,8,10-13,15H,3,5,7,9H2,1-2H3,(H,20,21)/t12-,13-,15-/m1/s1. The Morgan fingerprint density at radius 2 is 2.00 bits per heavy atom. The van der Waals surface area contributed by atoms with Gasteiger partial charge in [-0.3, -0.25) is 4.79 Å². The molecule has 1 heterocycles. The van der Waals surface area contributed by atoms with Crippen molar-refractivity contribution in [2.75, 3.05) is 0 Å². The number of amides is 1. The lowest BCUT2D eigenvalue weighted by Gasteiger charge is -2.30. The zero-order chi connectivity index (χ0) is 17.1. The summed E-state index contributed by atoms with van der Waals surface area (Å²) in [5.41, 5.74) is 0. The van der Waals surface area contributed by atoms with E-state index in [2.05, 4.69) is 12.2 Å². The van der Waals surface area contributed by atoms with Gasteiger partial charge in [-0.1, -0.05) is 38.0 Å². The third-order valence-electron chi connectivity index (χ3n) is 4.72. The number of hydrogen-bond donors (Lipinski definition) is 1. The Labute approximate surface area is 146 Å². The molecule has 1 amide bonds. The number of ether oxygens (including phenoxy) is 1. The molecule has 0 spiro atoms. The molecule has 24 heavy (non-hydrogen) atoms. The summed E-state index contributed by atoms with van der Waals surface area (Å²) in [4.78, 5) is 25.1. The highest BCUT2D eigenvalue weighted by Crippen LogP contribution is 2.26. The van der Waals surface area contributed by atoms with Gasteiger partial charge in [-0.2, -0.15) is 0 Å². The Morgan fingerprint density at radius 1 is 1.25 bits per heavy atom. The number of carbonyl (C=O) groups excluding carboxylic acids is 2. The minimum absolute atomic E-state index is 0.191. The first-order valence-electron chi connectivity index (χ1n) is 8.54. The van der Waals surface area contributed by atoms with Crippen LogP contribution in [0.5, 0.6) is 0 Å². The summed E-state index contributed by atoms with van der Waals surface area (Å²) < 4.78 is 6.40. The highest BCUT2D eigenvalue weighted by molar-refractivity contribution is 7.20. The number of hydrogen-bond acceptors (Lipinski definition) is 4. The Balaban J connectivity index is 1.59. The van der Waals surface area contributed by atoms with Crippen molar-refractivity contribution in [3.05, 3.63) is 35.2 Å². The molecule has 3 atom stereocenters. The molecule has 128 valence electrons. The summed E-state index contributed by atoms with van der Waals surface area (Å²) in [6.45, 7) is 3.80. The van der Waals surface area contributed by atoms with Gasteiger partial charge in [0.1, 0.15) is 4.88 Å². The van der Waals surface area contributed by atoms with Gasteiger partial charge in [0.15, 0.2) is 6.10 Å². The number of nitrogens with one attached hydrogen (secondary N) is 1. The molecule has 0 bridgehead atoms. The van der Waals surface area contributed by atoms with E-state index in [1.807, 2.05) is 30.3 Å². The van der Waals surface area contributed by atoms with Gasteiger partial charge < -0.3 is 10.1 Å². The number of thiophene rings is 1. The maximum Gasteiger partial charge on any atom is 0.349 e. The lowest BCUT2D eigenvalue weighted by molar-refractivity contribution is -0.130. The van der Waals surface area contributed by atoms with Gasteiger partial charge in [-0.25, -0.2) is 4.79 Å². The largest absolute Gasteiger partial charge is 0.448 e. The molecule has 0 radical (unpaired) electrons. The molecule has 1 aliphatic rings. The van der Waals surface area contributed by atoms with Crippen LogP contribution in [0.15, 0.2) is 30.3 Å². The van der Waals surface area contributed by atoms with Gasteiger partial charge in [0, 0.05) is 10.7 Å². The van der Waals surface area contributed by atoms with E-state index in [0.717, 1.165) is 29.3 Å². The molecule has 1 aliphatic carbocycles. The summed E-state index contributed by atoms with van der Waals surface area (Å²) in [6, 6.07) is 9.81. The summed E-state index contributed by atoms with van der Waals surface area (Å²) in [5, 5.41) is 4.06. The molecule has 1 saturated carbocycles. The van der Waals surface area contributed by atoms with Crippen LogP contribution in [-0.4, -0.2) is 24.0 Å². The molecule has 3 rings (SSSR count). The van der Waals surface area contributed by atoms with Crippen LogP contribution in [0.1, 0.15) is 49.2 Å². The monoisotopic (exact) mass is 345 g/mol. The van der Waals surface area contributed by atoms with E-state index in [-0.39, 0.29) is 11.9 Å². The second-order valence-corrected chi connectivity index (χ2v) is 7.66. The number of fused-ring (bicyclic) bond motifs is 1. The van der Waals surface area contributed by atoms with Crippen LogP contribution >= 0.6 is 11.3 Å². The van der Waals surface area contributed by atoms with E-state index in [1.54, 1.807) is 6.92 Å². The van der Waals surface area contributed by atoms with Crippen molar-refractivity contribution in [1.82, 2.24) is 5.32 Å². The van der Waals surface area contributed by atoms with E-state index < -0.39 is 12.1 Å². The Bertz CT molecular complexity index is 706. The van der Waals surface area contributed by atoms with Crippen molar-refractivity contribution in [1.29, 1.82) is 0 Å². The van der Waals surface area contributed by atoms with Crippen molar-refractivity contribution in [3.63, 3.8) is 0 Å². The quantitative estimate of drug-likeness (QED) is 0.847. The highest BCUT2D eigenvalue weighted by Gasteiger charge is 2.26. The number of esters is 1. The number of rotatable bonds is 4. The van der Waals surface area contributed by atoms with Crippen LogP contribution in [0.4, 0.5) is 0 Å². The van der Waals surface area contributed by atoms with Gasteiger partial charge in [0.2, 0.25) is 0 Å². The Kier molecular flexibility index (Phi) is 5.19. The van der Waals surface area contributed by atoms with Crippen molar-refractivity contribution in [3.8, 4) is 0 Å². The number of carbonyl (C=O) groups is 2. The summed E-state index contributed by atoms with van der Waals surface area (Å²) in [6.07, 6.45) is 3.73. The topological polar surface area (TPSA) is 55.4 Å². The Morgan fingerprint density at radius 3 is 2.75 bits per heavy atom. The normalized spacial score (nSPS) is 22.1. The maximum absolute atomic E-state index is 12.3. The first-order valence-corrected chi connectivity index (χ1v) is 9.36. The molecule has 0 unspecified atom stereocenters. The van der Waals surface area contributed by atoms with E-state index in [4.69, 9.17) is 4.74 Å². The van der Waals surface area contributed by atoms with Gasteiger partial charge >= 0.3 is 5.97 Å². The molecule has 1 N–H and O–H groups in total. The third-order valence-corrected chi connectivity index (χ3v) is 5.82. The molecule has 0 saturated heterocycles. The molecule has 1 aromatic heterocycles. The fourth-order valence-corrected chi connectivity index (χ4v) is 4.13. The zero-order valence-electron chi connectivity index (χ0n) is 14.1. The molecular formula is C19H23NO3S. The van der Waals surface area contributed by atoms with Crippen LogP contribution in [0, 0.1) is 5.92 Å². The summed E-state index contributed by atoms with van der Waals surface area (Å²) >= 11 is 1.39. The molecule has 0 aliphatic heterocycles. The first kappa shape index (κ1) is 17.0. The van der Waals surface area contributed by atoms with Crippen molar-refractivity contribution in [2.45, 2.75) is 51.7 Å². The van der Waals surface area contributed by atoms with Gasteiger partial charge in [0.25, 0.3) is 5.91 Å². The van der Waals surface area contributed by atoms with Crippen LogP contribution < -0.4 is 5.32 Å². The summed E-state index contributed by atoms with van der Waals surface area (Å²) in [7, 11) is 0. The lowest BCUT2D eigenvalue weighted by Crippen LogP contribution is -2.45. The molecule has 4 nitrogen and oxygen atoms in total. The molecular weight excluding hydrogens is 322 g/mol. The van der Waals surface area contributed by atoms with E-state index in [9.17, 15) is 9.59 Å². The first-order chi connectivity index (χ1) is 11.5. The van der Waals surface area contributed by atoms with E-state index in [1.165, 1.54) is 17.8 Å². The van der Waals surface area contributed by atoms with Gasteiger partial charge in [0.05, 0.1) is 0 Å². The predicted molar refractivity (Wildman–Crippen MR) is 96.3 cm³/mol. The highest BCUT2D eigenvalue weighted by atomic mass is 32.1. The Hall–Kier alpha value is -1.88. The fraction of sp³-hybridized carbons (Fsp3) is 0.474. The minimum Gasteiger partial charge on any atom is -0.448 e.